The number of hydrogen-bond donors (Lipinski definition) is 1. The smallest absolute Gasteiger partial charge is 0.251 e. The Hall–Kier alpha value is -4.96. The summed E-state index contributed by atoms with van der Waals surface area (Å²) in [6.45, 7) is 8.56. The lowest BCUT2D eigenvalue weighted by Crippen LogP contribution is -2.34. The summed E-state index contributed by atoms with van der Waals surface area (Å²) in [6.07, 6.45) is 3.37. The molecule has 5 heterocycles. The van der Waals surface area contributed by atoms with Gasteiger partial charge in [0.15, 0.2) is 0 Å². The van der Waals surface area contributed by atoms with Crippen molar-refractivity contribution < 1.29 is 23.1 Å². The van der Waals surface area contributed by atoms with E-state index >= 15 is 4.39 Å². The fourth-order valence-electron chi connectivity index (χ4n) is 6.07. The molecule has 2 amide bonds. The third-order valence-corrected chi connectivity index (χ3v) is 9.06. The Morgan fingerprint density at radius 1 is 1.09 bits per heavy atom. The molecule has 7 nitrogen and oxygen atoms in total. The van der Waals surface area contributed by atoms with Crippen molar-refractivity contribution in [3.05, 3.63) is 101 Å². The van der Waals surface area contributed by atoms with Gasteiger partial charge in [0.1, 0.15) is 17.4 Å². The number of nitrogens with zero attached hydrogens (tertiary/aromatic N) is 3. The molecule has 0 unspecified atom stereocenters. The number of rotatable bonds is 6. The zero-order valence-corrected chi connectivity index (χ0v) is 25.4. The number of pyridine rings is 2. The highest BCUT2D eigenvalue weighted by Gasteiger charge is 2.28. The van der Waals surface area contributed by atoms with Crippen molar-refractivity contribution in [1.82, 2.24) is 20.2 Å². The van der Waals surface area contributed by atoms with E-state index in [1.807, 2.05) is 29.6 Å². The van der Waals surface area contributed by atoms with Gasteiger partial charge in [0.25, 0.3) is 5.91 Å². The second kappa shape index (κ2) is 11.2. The van der Waals surface area contributed by atoms with E-state index in [2.05, 4.69) is 11.9 Å². The van der Waals surface area contributed by atoms with Gasteiger partial charge in [-0.05, 0) is 72.7 Å². The summed E-state index contributed by atoms with van der Waals surface area (Å²) < 4.78 is 37.3. The van der Waals surface area contributed by atoms with Crippen LogP contribution in [0.4, 0.5) is 8.78 Å². The summed E-state index contributed by atoms with van der Waals surface area (Å²) in [4.78, 5) is 36.4. The van der Waals surface area contributed by atoms with Gasteiger partial charge in [-0.25, -0.2) is 13.8 Å². The summed E-state index contributed by atoms with van der Waals surface area (Å²) in [7, 11) is 0. The van der Waals surface area contributed by atoms with Crippen molar-refractivity contribution in [3.8, 4) is 39.5 Å². The second-order valence-corrected chi connectivity index (χ2v) is 12.3. The Labute approximate surface area is 262 Å². The molecule has 0 fully saturated rings. The Kier molecular flexibility index (Phi) is 7.16. The van der Waals surface area contributed by atoms with E-state index in [-0.39, 0.29) is 29.2 Å². The first-order valence-electron chi connectivity index (χ1n) is 14.6. The fraction of sp³-hybridized carbons (Fsp3) is 0.200. The number of thiophene rings is 1. The molecule has 0 radical (unpaired) electrons. The molecule has 2 aliphatic heterocycles. The molecule has 7 rings (SSSR count). The molecule has 0 saturated heterocycles. The summed E-state index contributed by atoms with van der Waals surface area (Å²) in [6, 6.07) is 11.5. The number of ether oxygens (including phenoxy) is 1. The SMILES string of the molecule is C=CC(=O)N1CCc2cnc(-c3nc(-c4ccc5c(c4)CNC5=O)c4ccsc4c3-c3c(F)cc(F)cc3OC(C)C)cc2C1. The first kappa shape index (κ1) is 28.8. The van der Waals surface area contributed by atoms with Crippen LogP contribution >= 0.6 is 11.3 Å². The average molecular weight is 623 g/mol. The monoisotopic (exact) mass is 622 g/mol. The van der Waals surface area contributed by atoms with E-state index in [4.69, 9.17) is 14.7 Å². The highest BCUT2D eigenvalue weighted by Crippen LogP contribution is 2.47. The van der Waals surface area contributed by atoms with Gasteiger partial charge in [0, 0.05) is 64.7 Å². The maximum absolute atomic E-state index is 16.0. The number of fused-ring (bicyclic) bond motifs is 3. The summed E-state index contributed by atoms with van der Waals surface area (Å²) in [5.41, 5.74) is 6.25. The van der Waals surface area contributed by atoms with Gasteiger partial charge in [-0.2, -0.15) is 0 Å². The minimum atomic E-state index is -0.779. The van der Waals surface area contributed by atoms with Gasteiger partial charge in [-0.3, -0.25) is 14.6 Å². The van der Waals surface area contributed by atoms with Crippen molar-refractivity contribution in [2.75, 3.05) is 6.54 Å². The molecule has 1 N–H and O–H groups in total. The van der Waals surface area contributed by atoms with Crippen LogP contribution in [0.25, 0.3) is 43.9 Å². The number of carbonyl (C=O) groups excluding carboxylic acids is 2. The Bertz CT molecular complexity index is 2060. The largest absolute Gasteiger partial charge is 0.490 e. The Morgan fingerprint density at radius 3 is 2.73 bits per heavy atom. The molecular formula is C35H28F2N4O3S. The Morgan fingerprint density at radius 2 is 1.93 bits per heavy atom. The van der Waals surface area contributed by atoms with E-state index in [9.17, 15) is 14.0 Å². The standard InChI is InChI=1S/C35H28F2N4O3S/c1-4-29(42)41-9-7-20-15-38-27(12-22(20)17-41)33-31(30-26(37)13-23(36)14-28(30)44-18(2)3)34-25(8-10-45-34)32(40-33)19-5-6-24-21(11-19)16-39-35(24)43/h4-6,8,10-15,18H,1,7,9,16-17H2,2-3H3,(H,39,43). The third kappa shape index (κ3) is 5.04. The van der Waals surface area contributed by atoms with Crippen LogP contribution in [0.3, 0.4) is 0 Å². The van der Waals surface area contributed by atoms with Gasteiger partial charge in [0.05, 0.1) is 28.7 Å². The summed E-state index contributed by atoms with van der Waals surface area (Å²) in [5, 5.41) is 5.53. The van der Waals surface area contributed by atoms with Crippen LogP contribution in [0.5, 0.6) is 5.75 Å². The van der Waals surface area contributed by atoms with Gasteiger partial charge in [0.2, 0.25) is 5.91 Å². The van der Waals surface area contributed by atoms with Gasteiger partial charge in [-0.15, -0.1) is 11.3 Å². The predicted octanol–water partition coefficient (Wildman–Crippen LogP) is 7.07. The third-order valence-electron chi connectivity index (χ3n) is 8.13. The van der Waals surface area contributed by atoms with Crippen molar-refractivity contribution >= 4 is 33.2 Å². The quantitative estimate of drug-likeness (QED) is 0.205. The molecule has 3 aromatic heterocycles. The molecule has 0 aliphatic carbocycles. The topological polar surface area (TPSA) is 84.4 Å². The van der Waals surface area contributed by atoms with E-state index in [1.54, 1.807) is 31.0 Å². The number of benzene rings is 2. The van der Waals surface area contributed by atoms with Crippen molar-refractivity contribution in [2.24, 2.45) is 0 Å². The number of amides is 2. The predicted molar refractivity (Wildman–Crippen MR) is 170 cm³/mol. The fourth-order valence-corrected chi connectivity index (χ4v) is 7.01. The van der Waals surface area contributed by atoms with Crippen LogP contribution in [-0.2, 0) is 24.3 Å². The molecule has 0 atom stereocenters. The number of hydrogen-bond acceptors (Lipinski definition) is 6. The van der Waals surface area contributed by atoms with Crippen LogP contribution in [0, 0.1) is 11.6 Å². The Balaban J connectivity index is 1.51. The first-order chi connectivity index (χ1) is 21.7. The van der Waals surface area contributed by atoms with Crippen molar-refractivity contribution in [2.45, 2.75) is 39.5 Å². The second-order valence-electron chi connectivity index (χ2n) is 11.4. The number of aromatic nitrogens is 2. The first-order valence-corrected chi connectivity index (χ1v) is 15.5. The van der Waals surface area contributed by atoms with E-state index < -0.39 is 11.6 Å². The molecule has 0 spiro atoms. The van der Waals surface area contributed by atoms with E-state index in [0.29, 0.717) is 54.3 Å². The van der Waals surface area contributed by atoms with Crippen molar-refractivity contribution in [1.29, 1.82) is 0 Å². The highest BCUT2D eigenvalue weighted by molar-refractivity contribution is 7.18. The van der Waals surface area contributed by atoms with E-state index in [0.717, 1.165) is 38.4 Å². The highest BCUT2D eigenvalue weighted by atomic mass is 32.1. The molecule has 10 heteroatoms. The zero-order valence-electron chi connectivity index (χ0n) is 24.6. The number of halogens is 2. The lowest BCUT2D eigenvalue weighted by Gasteiger charge is -2.28. The lowest BCUT2D eigenvalue weighted by atomic mass is 9.94. The minimum absolute atomic E-state index is 0.0656. The molecule has 2 aliphatic rings. The van der Waals surface area contributed by atoms with Gasteiger partial charge < -0.3 is 15.0 Å². The summed E-state index contributed by atoms with van der Waals surface area (Å²) >= 11 is 1.41. The van der Waals surface area contributed by atoms with Gasteiger partial charge in [-0.1, -0.05) is 12.6 Å². The van der Waals surface area contributed by atoms with Gasteiger partial charge >= 0.3 is 0 Å². The van der Waals surface area contributed by atoms with Crippen LogP contribution < -0.4 is 10.1 Å². The number of nitrogens with one attached hydrogen (secondary N) is 1. The normalized spacial score (nSPS) is 14.0. The molecule has 226 valence electrons. The minimum Gasteiger partial charge on any atom is -0.490 e. The van der Waals surface area contributed by atoms with Crippen LogP contribution in [0.15, 0.2) is 66.7 Å². The van der Waals surface area contributed by atoms with Crippen LogP contribution in [-0.4, -0.2) is 39.3 Å². The maximum atomic E-state index is 16.0. The van der Waals surface area contributed by atoms with E-state index in [1.165, 1.54) is 23.5 Å². The summed E-state index contributed by atoms with van der Waals surface area (Å²) in [5.74, 6) is -1.74. The average Bonchev–Trinajstić information content (AvgIpc) is 3.66. The molecule has 5 aromatic rings. The zero-order chi connectivity index (χ0) is 31.4. The lowest BCUT2D eigenvalue weighted by molar-refractivity contribution is -0.126. The number of carbonyl (C=O) groups is 2. The van der Waals surface area contributed by atoms with Crippen LogP contribution in [0.2, 0.25) is 0 Å². The van der Waals surface area contributed by atoms with Crippen LogP contribution in [0.1, 0.15) is 40.9 Å². The maximum Gasteiger partial charge on any atom is 0.251 e. The molecular weight excluding hydrogens is 594 g/mol. The molecule has 2 aromatic carbocycles. The molecule has 0 bridgehead atoms. The van der Waals surface area contributed by atoms with Crippen molar-refractivity contribution in [3.63, 3.8) is 0 Å². The molecule has 45 heavy (non-hydrogen) atoms. The molecule has 0 saturated carbocycles.